The van der Waals surface area contributed by atoms with Gasteiger partial charge < -0.3 is 13.9 Å². The zero-order valence-corrected chi connectivity index (χ0v) is 16.8. The first-order chi connectivity index (χ1) is 14.7. The number of hydrogen-bond acceptors (Lipinski definition) is 5. The van der Waals surface area contributed by atoms with Crippen LogP contribution in [0.25, 0.3) is 21.7 Å². The first kappa shape index (κ1) is 19.5. The van der Waals surface area contributed by atoms with Gasteiger partial charge in [-0.15, -0.1) is 0 Å². The highest BCUT2D eigenvalue weighted by molar-refractivity contribution is 6.08. The summed E-state index contributed by atoms with van der Waals surface area (Å²) in [6, 6.07) is 19.0. The van der Waals surface area contributed by atoms with Crippen LogP contribution in [0.15, 0.2) is 70.2 Å². The molecule has 1 amide bonds. The summed E-state index contributed by atoms with van der Waals surface area (Å²) in [5.74, 6) is 1.08. The smallest absolute Gasteiger partial charge is 0.307 e. The lowest BCUT2D eigenvalue weighted by Crippen LogP contribution is -2.16. The Morgan fingerprint density at radius 3 is 2.77 bits per heavy atom. The molecule has 0 saturated carbocycles. The number of hydrazone groups is 1. The SMILES string of the molecule is CCCOc1ccc(/C=N\NC(=O)c2cc3c(ccc4ccccc43)o2)cc1OC. The van der Waals surface area contributed by atoms with Crippen molar-refractivity contribution in [1.29, 1.82) is 0 Å². The Hall–Kier alpha value is -3.80. The fourth-order valence-electron chi connectivity index (χ4n) is 3.22. The summed E-state index contributed by atoms with van der Waals surface area (Å²) in [6.07, 6.45) is 2.46. The van der Waals surface area contributed by atoms with Gasteiger partial charge in [0.25, 0.3) is 0 Å². The average Bonchev–Trinajstić information content (AvgIpc) is 3.23. The van der Waals surface area contributed by atoms with Crippen LogP contribution in [0.2, 0.25) is 0 Å². The van der Waals surface area contributed by atoms with Crippen molar-refractivity contribution in [2.24, 2.45) is 5.10 Å². The molecule has 30 heavy (non-hydrogen) atoms. The minimum atomic E-state index is -0.415. The Bertz CT molecular complexity index is 1230. The van der Waals surface area contributed by atoms with E-state index in [4.69, 9.17) is 13.9 Å². The molecule has 1 N–H and O–H groups in total. The van der Waals surface area contributed by atoms with E-state index in [1.807, 2.05) is 55.5 Å². The molecule has 1 heterocycles. The molecule has 0 aliphatic heterocycles. The Morgan fingerprint density at radius 1 is 1.07 bits per heavy atom. The van der Waals surface area contributed by atoms with Gasteiger partial charge >= 0.3 is 5.91 Å². The van der Waals surface area contributed by atoms with Crippen LogP contribution in [0.4, 0.5) is 0 Å². The van der Waals surface area contributed by atoms with Gasteiger partial charge in [0.1, 0.15) is 5.58 Å². The summed E-state index contributed by atoms with van der Waals surface area (Å²) in [5, 5.41) is 7.07. The quantitative estimate of drug-likeness (QED) is 0.343. The predicted octanol–water partition coefficient (Wildman–Crippen LogP) is 5.15. The van der Waals surface area contributed by atoms with Gasteiger partial charge in [-0.2, -0.15) is 5.10 Å². The van der Waals surface area contributed by atoms with Crippen LogP contribution in [-0.2, 0) is 0 Å². The largest absolute Gasteiger partial charge is 0.493 e. The van der Waals surface area contributed by atoms with E-state index in [2.05, 4.69) is 10.5 Å². The molecule has 0 unspecified atom stereocenters. The molecule has 0 fully saturated rings. The molecule has 0 bridgehead atoms. The predicted molar refractivity (Wildman–Crippen MR) is 118 cm³/mol. The Morgan fingerprint density at radius 2 is 1.93 bits per heavy atom. The van der Waals surface area contributed by atoms with Crippen molar-refractivity contribution in [3.05, 3.63) is 72.0 Å². The third-order valence-electron chi connectivity index (χ3n) is 4.68. The normalized spacial score (nSPS) is 11.3. The number of hydrogen-bond donors (Lipinski definition) is 1. The van der Waals surface area contributed by atoms with E-state index >= 15 is 0 Å². The van der Waals surface area contributed by atoms with Crippen molar-refractivity contribution < 1.29 is 18.7 Å². The van der Waals surface area contributed by atoms with E-state index in [9.17, 15) is 4.79 Å². The zero-order chi connectivity index (χ0) is 20.9. The van der Waals surface area contributed by atoms with E-state index in [0.29, 0.717) is 23.7 Å². The number of carbonyl (C=O) groups excluding carboxylic acids is 1. The van der Waals surface area contributed by atoms with E-state index in [-0.39, 0.29) is 5.76 Å². The van der Waals surface area contributed by atoms with Gasteiger partial charge in [0.15, 0.2) is 17.3 Å². The number of fused-ring (bicyclic) bond motifs is 3. The number of amides is 1. The molecule has 4 aromatic rings. The second-order valence-electron chi connectivity index (χ2n) is 6.77. The zero-order valence-electron chi connectivity index (χ0n) is 16.8. The van der Waals surface area contributed by atoms with Crippen LogP contribution in [0.5, 0.6) is 11.5 Å². The maximum atomic E-state index is 12.5. The molecular formula is C24H22N2O4. The maximum Gasteiger partial charge on any atom is 0.307 e. The van der Waals surface area contributed by atoms with E-state index < -0.39 is 5.91 Å². The number of ether oxygens (including phenoxy) is 2. The van der Waals surface area contributed by atoms with Crippen molar-refractivity contribution in [1.82, 2.24) is 5.43 Å². The number of nitrogens with zero attached hydrogens (tertiary/aromatic N) is 1. The third kappa shape index (κ3) is 3.98. The first-order valence-electron chi connectivity index (χ1n) is 9.75. The van der Waals surface area contributed by atoms with Gasteiger partial charge in [-0.1, -0.05) is 37.3 Å². The monoisotopic (exact) mass is 402 g/mol. The van der Waals surface area contributed by atoms with Crippen molar-refractivity contribution in [2.45, 2.75) is 13.3 Å². The number of carbonyl (C=O) groups is 1. The van der Waals surface area contributed by atoms with Crippen LogP contribution < -0.4 is 14.9 Å². The van der Waals surface area contributed by atoms with Crippen LogP contribution in [0.3, 0.4) is 0 Å². The summed E-state index contributed by atoms with van der Waals surface area (Å²) >= 11 is 0. The van der Waals surface area contributed by atoms with Crippen LogP contribution >= 0.6 is 0 Å². The highest BCUT2D eigenvalue weighted by Crippen LogP contribution is 2.29. The van der Waals surface area contributed by atoms with Crippen molar-refractivity contribution >= 4 is 33.9 Å². The first-order valence-corrected chi connectivity index (χ1v) is 9.75. The lowest BCUT2D eigenvalue weighted by molar-refractivity contribution is 0.0929. The molecule has 0 atom stereocenters. The molecule has 1 aromatic heterocycles. The van der Waals surface area contributed by atoms with Gasteiger partial charge in [-0.05, 0) is 53.1 Å². The molecule has 4 rings (SSSR count). The molecule has 0 saturated heterocycles. The second kappa shape index (κ2) is 8.69. The fourth-order valence-corrected chi connectivity index (χ4v) is 3.22. The molecule has 3 aromatic carbocycles. The summed E-state index contributed by atoms with van der Waals surface area (Å²) in [4.78, 5) is 12.5. The summed E-state index contributed by atoms with van der Waals surface area (Å²) < 4.78 is 16.7. The average molecular weight is 402 g/mol. The molecule has 6 nitrogen and oxygen atoms in total. The van der Waals surface area contributed by atoms with Gasteiger partial charge in [0, 0.05) is 5.39 Å². The Balaban J connectivity index is 1.49. The second-order valence-corrected chi connectivity index (χ2v) is 6.77. The lowest BCUT2D eigenvalue weighted by atomic mass is 10.1. The van der Waals surface area contributed by atoms with E-state index in [1.165, 1.54) is 0 Å². The highest BCUT2D eigenvalue weighted by atomic mass is 16.5. The molecule has 0 aliphatic carbocycles. The number of nitrogens with one attached hydrogen (secondary N) is 1. The van der Waals surface area contributed by atoms with Crippen LogP contribution in [0, 0.1) is 0 Å². The van der Waals surface area contributed by atoms with Crippen molar-refractivity contribution in [3.8, 4) is 11.5 Å². The molecule has 0 spiro atoms. The van der Waals surface area contributed by atoms with E-state index in [0.717, 1.165) is 28.1 Å². The number of benzene rings is 3. The molecule has 0 radical (unpaired) electrons. The fraction of sp³-hybridized carbons (Fsp3) is 0.167. The highest BCUT2D eigenvalue weighted by Gasteiger charge is 2.13. The van der Waals surface area contributed by atoms with Gasteiger partial charge in [-0.25, -0.2) is 5.43 Å². The van der Waals surface area contributed by atoms with Crippen LogP contribution in [0.1, 0.15) is 29.5 Å². The summed E-state index contributed by atoms with van der Waals surface area (Å²) in [6.45, 7) is 2.66. The number of rotatable bonds is 7. The minimum absolute atomic E-state index is 0.208. The lowest BCUT2D eigenvalue weighted by Gasteiger charge is -2.10. The van der Waals surface area contributed by atoms with Crippen molar-refractivity contribution in [2.75, 3.05) is 13.7 Å². The molecule has 6 heteroatoms. The van der Waals surface area contributed by atoms with Crippen molar-refractivity contribution in [3.63, 3.8) is 0 Å². The van der Waals surface area contributed by atoms with Gasteiger partial charge in [0.05, 0.1) is 19.9 Å². The summed E-state index contributed by atoms with van der Waals surface area (Å²) in [7, 11) is 1.59. The number of furan rings is 1. The third-order valence-corrected chi connectivity index (χ3v) is 4.68. The van der Waals surface area contributed by atoms with Gasteiger partial charge in [-0.3, -0.25) is 4.79 Å². The van der Waals surface area contributed by atoms with E-state index in [1.54, 1.807) is 25.5 Å². The summed E-state index contributed by atoms with van der Waals surface area (Å²) in [5.41, 5.74) is 3.94. The topological polar surface area (TPSA) is 73.1 Å². The molecule has 0 aliphatic rings. The van der Waals surface area contributed by atoms with Gasteiger partial charge in [0.2, 0.25) is 0 Å². The van der Waals surface area contributed by atoms with Crippen LogP contribution in [-0.4, -0.2) is 25.8 Å². The Kier molecular flexibility index (Phi) is 5.66. The molecular weight excluding hydrogens is 380 g/mol. The molecule has 152 valence electrons. The standard InChI is InChI=1S/C24H22N2O4/c1-3-12-29-21-10-8-16(13-22(21)28-2)15-25-26-24(27)23-14-19-18-7-5-4-6-17(18)9-11-20(19)30-23/h4-11,13-15H,3,12H2,1-2H3,(H,26,27)/b25-15-. The maximum absolute atomic E-state index is 12.5. The Labute approximate surface area is 174 Å². The minimum Gasteiger partial charge on any atom is -0.493 e. The number of methoxy groups -OCH3 is 1.